The van der Waals surface area contributed by atoms with E-state index in [1.165, 1.54) is 0 Å². The molecule has 0 aliphatic heterocycles. The minimum absolute atomic E-state index is 0.184. The molecule has 0 radical (unpaired) electrons. The van der Waals surface area contributed by atoms with Crippen molar-refractivity contribution >= 4 is 5.97 Å². The second-order valence-corrected chi connectivity index (χ2v) is 3.36. The van der Waals surface area contributed by atoms with Crippen molar-refractivity contribution in [2.24, 2.45) is 5.92 Å². The fourth-order valence-corrected chi connectivity index (χ4v) is 1.49. The van der Waals surface area contributed by atoms with Crippen LogP contribution in [0.25, 0.3) is 0 Å². The van der Waals surface area contributed by atoms with Crippen molar-refractivity contribution in [3.63, 3.8) is 0 Å². The molecule has 0 amide bonds. The summed E-state index contributed by atoms with van der Waals surface area (Å²) in [5.74, 6) is -5.76. The maximum Gasteiger partial charge on any atom is 0.374 e. The van der Waals surface area contributed by atoms with Crippen molar-refractivity contribution in [2.45, 2.75) is 31.6 Å². The number of halogens is 2. The molecule has 1 N–H and O–H groups in total. The molecule has 0 spiro atoms. The fraction of sp³-hybridized carbons (Fsp3) is 0.667. The molecule has 13 heavy (non-hydrogen) atoms. The van der Waals surface area contributed by atoms with Gasteiger partial charge in [-0.05, 0) is 25.2 Å². The quantitative estimate of drug-likeness (QED) is 0.694. The lowest BCUT2D eigenvalue weighted by atomic mass is 9.89. The maximum atomic E-state index is 12.7. The molecule has 1 aliphatic carbocycles. The molecule has 1 rings (SSSR count). The molecule has 1 atom stereocenters. The van der Waals surface area contributed by atoms with Gasteiger partial charge in [-0.25, -0.2) is 4.79 Å². The second-order valence-electron chi connectivity index (χ2n) is 3.36. The fourth-order valence-electron chi connectivity index (χ4n) is 1.49. The van der Waals surface area contributed by atoms with Gasteiger partial charge in [-0.1, -0.05) is 12.2 Å². The number of alkyl halides is 2. The average molecular weight is 190 g/mol. The molecule has 2 nitrogen and oxygen atoms in total. The van der Waals surface area contributed by atoms with Crippen LogP contribution in [0.1, 0.15) is 25.7 Å². The molecular weight excluding hydrogens is 178 g/mol. The Morgan fingerprint density at radius 1 is 1.54 bits per heavy atom. The summed E-state index contributed by atoms with van der Waals surface area (Å²) in [6, 6.07) is 0. The first kappa shape index (κ1) is 10.2. The van der Waals surface area contributed by atoms with E-state index in [2.05, 4.69) is 0 Å². The van der Waals surface area contributed by atoms with E-state index in [-0.39, 0.29) is 5.92 Å². The van der Waals surface area contributed by atoms with E-state index in [1.54, 1.807) is 0 Å². The van der Waals surface area contributed by atoms with Gasteiger partial charge in [0.15, 0.2) is 0 Å². The largest absolute Gasteiger partial charge is 0.477 e. The van der Waals surface area contributed by atoms with Crippen LogP contribution in [0, 0.1) is 5.92 Å². The standard InChI is InChI=1S/C9H12F2O2/c10-9(11,8(12)13)6-7-4-2-1-3-5-7/h1-2,7H,3-6H2,(H,12,13). The van der Waals surface area contributed by atoms with E-state index < -0.39 is 18.3 Å². The van der Waals surface area contributed by atoms with E-state index in [0.29, 0.717) is 12.8 Å². The summed E-state index contributed by atoms with van der Waals surface area (Å²) in [5.41, 5.74) is 0. The first-order chi connectivity index (χ1) is 6.02. The number of hydrogen-bond donors (Lipinski definition) is 1. The van der Waals surface area contributed by atoms with Crippen molar-refractivity contribution in [3.8, 4) is 0 Å². The van der Waals surface area contributed by atoms with Gasteiger partial charge in [0, 0.05) is 6.42 Å². The highest BCUT2D eigenvalue weighted by Crippen LogP contribution is 2.30. The summed E-state index contributed by atoms with van der Waals surface area (Å²) in [6.07, 6.45) is 5.26. The highest BCUT2D eigenvalue weighted by Gasteiger charge is 2.40. The third-order valence-electron chi connectivity index (χ3n) is 2.24. The van der Waals surface area contributed by atoms with Gasteiger partial charge in [0.25, 0.3) is 0 Å². The Hall–Kier alpha value is -0.930. The zero-order chi connectivity index (χ0) is 9.90. The Labute approximate surface area is 75.3 Å². The number of carbonyl (C=O) groups is 1. The normalized spacial score (nSPS) is 23.1. The molecule has 0 saturated carbocycles. The number of hydrogen-bond acceptors (Lipinski definition) is 1. The summed E-state index contributed by atoms with van der Waals surface area (Å²) in [4.78, 5) is 10.1. The smallest absolute Gasteiger partial charge is 0.374 e. The van der Waals surface area contributed by atoms with E-state index in [4.69, 9.17) is 5.11 Å². The van der Waals surface area contributed by atoms with Crippen LogP contribution >= 0.6 is 0 Å². The van der Waals surface area contributed by atoms with Gasteiger partial charge < -0.3 is 5.11 Å². The van der Waals surface area contributed by atoms with Crippen LogP contribution in [0.4, 0.5) is 8.78 Å². The van der Waals surface area contributed by atoms with Gasteiger partial charge in [0.2, 0.25) is 0 Å². The average Bonchev–Trinajstić information content (AvgIpc) is 2.05. The summed E-state index contributed by atoms with van der Waals surface area (Å²) < 4.78 is 25.4. The maximum absolute atomic E-state index is 12.7. The van der Waals surface area contributed by atoms with Gasteiger partial charge >= 0.3 is 11.9 Å². The lowest BCUT2D eigenvalue weighted by Gasteiger charge is -2.21. The van der Waals surface area contributed by atoms with Crippen molar-refractivity contribution in [2.75, 3.05) is 0 Å². The van der Waals surface area contributed by atoms with E-state index in [0.717, 1.165) is 6.42 Å². The first-order valence-corrected chi connectivity index (χ1v) is 4.28. The van der Waals surface area contributed by atoms with E-state index >= 15 is 0 Å². The van der Waals surface area contributed by atoms with Crippen LogP contribution in [-0.2, 0) is 4.79 Å². The molecule has 1 unspecified atom stereocenters. The van der Waals surface area contributed by atoms with Gasteiger partial charge in [0.05, 0.1) is 0 Å². The number of allylic oxidation sites excluding steroid dienone is 2. The highest BCUT2D eigenvalue weighted by atomic mass is 19.3. The third-order valence-corrected chi connectivity index (χ3v) is 2.24. The SMILES string of the molecule is O=C(O)C(F)(F)CC1CC=CCC1. The minimum atomic E-state index is -3.56. The Balaban J connectivity index is 2.47. The van der Waals surface area contributed by atoms with Gasteiger partial charge in [0.1, 0.15) is 0 Å². The van der Waals surface area contributed by atoms with Gasteiger partial charge in [-0.3, -0.25) is 0 Å². The monoisotopic (exact) mass is 190 g/mol. The molecule has 1 aliphatic rings. The molecule has 0 fully saturated rings. The molecule has 0 bridgehead atoms. The van der Waals surface area contributed by atoms with Crippen molar-refractivity contribution in [1.82, 2.24) is 0 Å². The number of carboxylic acid groups (broad SMARTS) is 1. The Bertz CT molecular complexity index is 224. The Morgan fingerprint density at radius 3 is 2.69 bits per heavy atom. The molecule has 4 heteroatoms. The van der Waals surface area contributed by atoms with Crippen LogP contribution in [0.15, 0.2) is 12.2 Å². The van der Waals surface area contributed by atoms with Crippen LogP contribution in [-0.4, -0.2) is 17.0 Å². The Morgan fingerprint density at radius 2 is 2.23 bits per heavy atom. The predicted molar refractivity (Wildman–Crippen MR) is 43.7 cm³/mol. The van der Waals surface area contributed by atoms with Crippen LogP contribution in [0.3, 0.4) is 0 Å². The number of carboxylic acids is 1. The molecule has 0 aromatic carbocycles. The second kappa shape index (κ2) is 3.85. The summed E-state index contributed by atoms with van der Waals surface area (Å²) in [7, 11) is 0. The van der Waals surface area contributed by atoms with Crippen LogP contribution < -0.4 is 0 Å². The van der Waals surface area contributed by atoms with Crippen LogP contribution in [0.5, 0.6) is 0 Å². The molecule has 0 aromatic heterocycles. The highest BCUT2D eigenvalue weighted by molar-refractivity contribution is 5.75. The zero-order valence-corrected chi connectivity index (χ0v) is 7.17. The third kappa shape index (κ3) is 2.79. The lowest BCUT2D eigenvalue weighted by molar-refractivity contribution is -0.167. The molecule has 74 valence electrons. The van der Waals surface area contributed by atoms with Crippen molar-refractivity contribution in [3.05, 3.63) is 12.2 Å². The topological polar surface area (TPSA) is 37.3 Å². The van der Waals surface area contributed by atoms with Crippen molar-refractivity contribution < 1.29 is 18.7 Å². The number of aliphatic carboxylic acids is 1. The Kier molecular flexibility index (Phi) is 3.01. The molecular formula is C9H12F2O2. The van der Waals surface area contributed by atoms with Crippen molar-refractivity contribution in [1.29, 1.82) is 0 Å². The van der Waals surface area contributed by atoms with E-state index in [1.807, 2.05) is 12.2 Å². The predicted octanol–water partition coefficient (Wildman–Crippen LogP) is 2.45. The van der Waals surface area contributed by atoms with Gasteiger partial charge in [-0.2, -0.15) is 8.78 Å². The molecule has 0 aromatic rings. The minimum Gasteiger partial charge on any atom is -0.477 e. The zero-order valence-electron chi connectivity index (χ0n) is 7.17. The lowest BCUT2D eigenvalue weighted by Crippen LogP contribution is -2.31. The summed E-state index contributed by atoms with van der Waals surface area (Å²) >= 11 is 0. The summed E-state index contributed by atoms with van der Waals surface area (Å²) in [5, 5.41) is 8.20. The van der Waals surface area contributed by atoms with E-state index in [9.17, 15) is 13.6 Å². The van der Waals surface area contributed by atoms with Gasteiger partial charge in [-0.15, -0.1) is 0 Å². The number of rotatable bonds is 3. The molecule has 0 heterocycles. The van der Waals surface area contributed by atoms with Crippen LogP contribution in [0.2, 0.25) is 0 Å². The summed E-state index contributed by atoms with van der Waals surface area (Å²) in [6.45, 7) is 0. The first-order valence-electron chi connectivity index (χ1n) is 4.28. The molecule has 0 saturated heterocycles.